The molecule has 1 amide bonds. The van der Waals surface area contributed by atoms with Crippen LogP contribution in [0.1, 0.15) is 49.5 Å². The summed E-state index contributed by atoms with van der Waals surface area (Å²) in [5, 5.41) is 0. The molecule has 0 radical (unpaired) electrons. The first-order valence-electron chi connectivity index (χ1n) is 10.1. The van der Waals surface area contributed by atoms with E-state index < -0.39 is 0 Å². The van der Waals surface area contributed by atoms with E-state index in [0.717, 1.165) is 50.4 Å². The van der Waals surface area contributed by atoms with Crippen LogP contribution in [0.4, 0.5) is 0 Å². The third kappa shape index (κ3) is 3.99. The predicted octanol–water partition coefficient (Wildman–Crippen LogP) is 2.34. The van der Waals surface area contributed by atoms with E-state index in [0.29, 0.717) is 12.1 Å². The van der Waals surface area contributed by atoms with Crippen LogP contribution in [0.25, 0.3) is 11.2 Å². The molecule has 0 saturated carbocycles. The fraction of sp³-hybridized carbons (Fsp3) is 0.650. The van der Waals surface area contributed by atoms with E-state index in [4.69, 9.17) is 4.74 Å². The predicted molar refractivity (Wildman–Crippen MR) is 104 cm³/mol. The molecule has 146 valence electrons. The minimum atomic E-state index is 0.0282. The van der Waals surface area contributed by atoms with Gasteiger partial charge in [0.05, 0.1) is 18.0 Å². The topological polar surface area (TPSA) is 63.5 Å². The molecule has 2 aliphatic rings. The fourth-order valence-electron chi connectivity index (χ4n) is 4.04. The Morgan fingerprint density at radius 3 is 2.81 bits per heavy atom. The first-order valence-corrected chi connectivity index (χ1v) is 10.1. The lowest BCUT2D eigenvalue weighted by Crippen LogP contribution is -2.41. The number of rotatable bonds is 4. The lowest BCUT2D eigenvalue weighted by molar-refractivity contribution is 0.0297. The number of hydrogen-bond donors (Lipinski definition) is 0. The minimum Gasteiger partial charge on any atom is -0.375 e. The Hall–Kier alpha value is -1.99. The van der Waals surface area contributed by atoms with E-state index in [9.17, 15) is 4.79 Å². The number of amides is 1. The Bertz CT molecular complexity index is 797. The number of aromatic nitrogens is 3. The summed E-state index contributed by atoms with van der Waals surface area (Å²) in [7, 11) is 0. The molecule has 0 aliphatic carbocycles. The number of fused-ring (bicyclic) bond motifs is 1. The second kappa shape index (κ2) is 7.94. The van der Waals surface area contributed by atoms with Gasteiger partial charge in [0.2, 0.25) is 0 Å². The Morgan fingerprint density at radius 1 is 1.22 bits per heavy atom. The molecule has 7 heteroatoms. The number of pyridine rings is 1. The molecular weight excluding hydrogens is 342 g/mol. The number of hydrogen-bond acceptors (Lipinski definition) is 5. The Morgan fingerprint density at radius 2 is 2.04 bits per heavy atom. The molecule has 1 atom stereocenters. The normalized spacial score (nSPS) is 21.9. The van der Waals surface area contributed by atoms with E-state index >= 15 is 0 Å². The second-order valence-corrected chi connectivity index (χ2v) is 7.92. The van der Waals surface area contributed by atoms with Crippen LogP contribution in [-0.2, 0) is 4.74 Å². The summed E-state index contributed by atoms with van der Waals surface area (Å²) >= 11 is 0. The van der Waals surface area contributed by atoms with Gasteiger partial charge >= 0.3 is 0 Å². The summed E-state index contributed by atoms with van der Waals surface area (Å²) in [4.78, 5) is 26.4. The van der Waals surface area contributed by atoms with Crippen molar-refractivity contribution in [1.29, 1.82) is 0 Å². The zero-order valence-corrected chi connectivity index (χ0v) is 16.3. The molecule has 1 unspecified atom stereocenters. The molecule has 2 aliphatic heterocycles. The van der Waals surface area contributed by atoms with Gasteiger partial charge in [-0.05, 0) is 52.3 Å². The Kier molecular flexibility index (Phi) is 5.41. The lowest BCUT2D eigenvalue weighted by atomic mass is 10.2. The van der Waals surface area contributed by atoms with Gasteiger partial charge in [0, 0.05) is 38.5 Å². The first-order chi connectivity index (χ1) is 13.1. The summed E-state index contributed by atoms with van der Waals surface area (Å²) in [6.07, 6.45) is 6.98. The van der Waals surface area contributed by atoms with Gasteiger partial charge in [0.1, 0.15) is 5.52 Å². The van der Waals surface area contributed by atoms with Crippen LogP contribution in [-0.4, -0.2) is 75.7 Å². The van der Waals surface area contributed by atoms with Crippen LogP contribution in [0.3, 0.4) is 0 Å². The van der Waals surface area contributed by atoms with E-state index in [-0.39, 0.29) is 18.1 Å². The molecule has 27 heavy (non-hydrogen) atoms. The summed E-state index contributed by atoms with van der Waals surface area (Å²) < 4.78 is 8.04. The van der Waals surface area contributed by atoms with Gasteiger partial charge < -0.3 is 19.1 Å². The van der Waals surface area contributed by atoms with Crippen molar-refractivity contribution in [3.8, 4) is 0 Å². The van der Waals surface area contributed by atoms with Crippen LogP contribution in [0.2, 0.25) is 0 Å². The third-order valence-electron chi connectivity index (χ3n) is 5.51. The first kappa shape index (κ1) is 18.4. The summed E-state index contributed by atoms with van der Waals surface area (Å²) in [5.41, 5.74) is 2.21. The van der Waals surface area contributed by atoms with Crippen LogP contribution in [0.15, 0.2) is 18.6 Å². The van der Waals surface area contributed by atoms with Crippen molar-refractivity contribution in [2.24, 2.45) is 0 Å². The highest BCUT2D eigenvalue weighted by molar-refractivity contribution is 5.96. The average molecular weight is 371 g/mol. The Labute approximate surface area is 160 Å². The van der Waals surface area contributed by atoms with Crippen LogP contribution in [0.5, 0.6) is 0 Å². The molecule has 0 N–H and O–H groups in total. The average Bonchev–Trinajstić information content (AvgIpc) is 3.26. The maximum Gasteiger partial charge on any atom is 0.255 e. The molecule has 2 saturated heterocycles. The highest BCUT2D eigenvalue weighted by Gasteiger charge is 2.26. The van der Waals surface area contributed by atoms with Crippen molar-refractivity contribution in [2.45, 2.75) is 45.3 Å². The standard InChI is InChI=1S/C20H29N5O2/c1-15(2)25-14-22-18-10-16(11-21-19(18)25)20(26)24-8-5-9-27-17(13-24)12-23-6-3-4-7-23/h10-11,14-15,17H,3-9,12-13H2,1-2H3. The van der Waals surface area contributed by atoms with Crippen molar-refractivity contribution in [3.05, 3.63) is 24.2 Å². The van der Waals surface area contributed by atoms with Crippen LogP contribution < -0.4 is 0 Å². The zero-order chi connectivity index (χ0) is 18.8. The quantitative estimate of drug-likeness (QED) is 0.825. The highest BCUT2D eigenvalue weighted by atomic mass is 16.5. The molecule has 7 nitrogen and oxygen atoms in total. The number of carbonyl (C=O) groups excluding carboxylic acids is 1. The zero-order valence-electron chi connectivity index (χ0n) is 16.3. The molecule has 0 aromatic carbocycles. The number of ether oxygens (including phenoxy) is 1. The van der Waals surface area contributed by atoms with E-state index in [2.05, 4.69) is 28.7 Å². The lowest BCUT2D eigenvalue weighted by Gasteiger charge is -2.27. The fourth-order valence-corrected chi connectivity index (χ4v) is 4.04. The van der Waals surface area contributed by atoms with Crippen LogP contribution >= 0.6 is 0 Å². The Balaban J connectivity index is 1.49. The third-order valence-corrected chi connectivity index (χ3v) is 5.51. The summed E-state index contributed by atoms with van der Waals surface area (Å²) in [6.45, 7) is 9.50. The molecule has 2 fully saturated rings. The molecule has 0 spiro atoms. The number of likely N-dealkylation sites (tertiary alicyclic amines) is 1. The monoisotopic (exact) mass is 371 g/mol. The van der Waals surface area contributed by atoms with Crippen molar-refractivity contribution in [1.82, 2.24) is 24.3 Å². The SMILES string of the molecule is CC(C)n1cnc2cc(C(=O)N3CCCOC(CN4CCCC4)C3)cnc21. The molecule has 0 bridgehead atoms. The molecule has 4 rings (SSSR count). The highest BCUT2D eigenvalue weighted by Crippen LogP contribution is 2.19. The van der Waals surface area contributed by atoms with Crippen molar-refractivity contribution in [3.63, 3.8) is 0 Å². The van der Waals surface area contributed by atoms with Crippen molar-refractivity contribution in [2.75, 3.05) is 39.3 Å². The second-order valence-electron chi connectivity index (χ2n) is 7.92. The van der Waals surface area contributed by atoms with Gasteiger partial charge in [-0.15, -0.1) is 0 Å². The minimum absolute atomic E-state index is 0.0282. The van der Waals surface area contributed by atoms with Gasteiger partial charge in [-0.2, -0.15) is 0 Å². The number of carbonyl (C=O) groups is 1. The van der Waals surface area contributed by atoms with E-state index in [1.54, 1.807) is 12.5 Å². The molecule has 2 aromatic heterocycles. The molecule has 2 aromatic rings. The van der Waals surface area contributed by atoms with E-state index in [1.807, 2.05) is 15.5 Å². The van der Waals surface area contributed by atoms with Gasteiger partial charge in [-0.3, -0.25) is 4.79 Å². The van der Waals surface area contributed by atoms with Crippen molar-refractivity contribution < 1.29 is 9.53 Å². The number of imidazole rings is 1. The number of nitrogens with zero attached hydrogens (tertiary/aromatic N) is 5. The largest absolute Gasteiger partial charge is 0.375 e. The maximum atomic E-state index is 13.1. The van der Waals surface area contributed by atoms with Gasteiger partial charge in [-0.25, -0.2) is 9.97 Å². The van der Waals surface area contributed by atoms with Crippen molar-refractivity contribution >= 4 is 17.1 Å². The van der Waals surface area contributed by atoms with E-state index in [1.165, 1.54) is 12.8 Å². The summed E-state index contributed by atoms with van der Waals surface area (Å²) in [5.74, 6) is 0.0282. The van der Waals surface area contributed by atoms with Crippen LogP contribution in [0, 0.1) is 0 Å². The van der Waals surface area contributed by atoms with Gasteiger partial charge in [-0.1, -0.05) is 0 Å². The van der Waals surface area contributed by atoms with Gasteiger partial charge in [0.25, 0.3) is 5.91 Å². The molecular formula is C20H29N5O2. The molecule has 4 heterocycles. The smallest absolute Gasteiger partial charge is 0.255 e. The van der Waals surface area contributed by atoms with Gasteiger partial charge in [0.15, 0.2) is 5.65 Å². The maximum absolute atomic E-state index is 13.1. The summed E-state index contributed by atoms with van der Waals surface area (Å²) in [6, 6.07) is 2.16.